The van der Waals surface area contributed by atoms with Gasteiger partial charge < -0.3 is 0 Å². The Morgan fingerprint density at radius 2 is 1.94 bits per heavy atom. The first-order valence-electron chi connectivity index (χ1n) is 12.1. The number of aryl methyl sites for hydroxylation is 2. The maximum absolute atomic E-state index is 12.9. The molecule has 0 N–H and O–H groups in total. The second kappa shape index (κ2) is 9.43. The van der Waals surface area contributed by atoms with Gasteiger partial charge in [-0.2, -0.15) is 5.10 Å². The standard InChI is InChI=1S/C26H32N6O/c1-3-31-18-21(16-27-31)17-30-14-7-10-23(30)25-28-19(2)22-11-12-24(33)32(26(22)29-25)15-13-20-8-5-4-6-9-20/h4-6,8-9,16,18,23H,3,7,10-15,17H2,1-2H3/t23-/m1/s1. The summed E-state index contributed by atoms with van der Waals surface area (Å²) < 4.78 is 1.97. The lowest BCUT2D eigenvalue weighted by atomic mass is 10.0. The Hall–Kier alpha value is -3.06. The Morgan fingerprint density at radius 3 is 2.73 bits per heavy atom. The van der Waals surface area contributed by atoms with Gasteiger partial charge in [0.2, 0.25) is 5.91 Å². The number of aromatic nitrogens is 4. The van der Waals surface area contributed by atoms with Gasteiger partial charge in [0.05, 0.1) is 12.2 Å². The molecule has 2 aliphatic heterocycles. The van der Waals surface area contributed by atoms with Gasteiger partial charge in [-0.05, 0) is 51.6 Å². The number of amides is 1. The molecule has 0 spiro atoms. The van der Waals surface area contributed by atoms with E-state index in [1.54, 1.807) is 0 Å². The van der Waals surface area contributed by atoms with Crippen LogP contribution in [0, 0.1) is 6.92 Å². The average molecular weight is 445 g/mol. The lowest BCUT2D eigenvalue weighted by Crippen LogP contribution is -2.38. The first kappa shape index (κ1) is 21.8. The number of benzene rings is 1. The van der Waals surface area contributed by atoms with Crippen LogP contribution in [0.1, 0.15) is 60.4 Å². The van der Waals surface area contributed by atoms with E-state index in [4.69, 9.17) is 9.97 Å². The third-order valence-corrected chi connectivity index (χ3v) is 6.88. The summed E-state index contributed by atoms with van der Waals surface area (Å²) in [6, 6.07) is 10.5. The van der Waals surface area contributed by atoms with Crippen molar-refractivity contribution in [1.82, 2.24) is 24.6 Å². The number of likely N-dealkylation sites (tertiary alicyclic amines) is 1. The molecule has 1 saturated heterocycles. The minimum absolute atomic E-state index is 0.165. The van der Waals surface area contributed by atoms with E-state index in [0.717, 1.165) is 68.2 Å². The van der Waals surface area contributed by atoms with Crippen molar-refractivity contribution in [3.05, 3.63) is 70.9 Å². The van der Waals surface area contributed by atoms with E-state index in [0.29, 0.717) is 13.0 Å². The predicted molar refractivity (Wildman–Crippen MR) is 128 cm³/mol. The highest BCUT2D eigenvalue weighted by atomic mass is 16.2. The molecular weight excluding hydrogens is 412 g/mol. The highest BCUT2D eigenvalue weighted by molar-refractivity contribution is 5.95. The van der Waals surface area contributed by atoms with Gasteiger partial charge in [0.25, 0.3) is 0 Å². The van der Waals surface area contributed by atoms with Gasteiger partial charge in [0.1, 0.15) is 11.6 Å². The Morgan fingerprint density at radius 1 is 1.09 bits per heavy atom. The zero-order valence-corrected chi connectivity index (χ0v) is 19.6. The van der Waals surface area contributed by atoms with E-state index in [1.807, 2.05) is 34.0 Å². The molecule has 2 aromatic heterocycles. The zero-order chi connectivity index (χ0) is 22.8. The smallest absolute Gasteiger partial charge is 0.228 e. The van der Waals surface area contributed by atoms with Crippen LogP contribution in [0.2, 0.25) is 0 Å². The van der Waals surface area contributed by atoms with Crippen molar-refractivity contribution in [2.24, 2.45) is 0 Å². The molecule has 0 aliphatic carbocycles. The fraction of sp³-hybridized carbons (Fsp3) is 0.462. The SMILES string of the molecule is CCn1cc(CN2CCC[C@@H]2c2nc(C)c3c(n2)N(CCc2ccccc2)C(=O)CC3)cn1. The molecule has 1 fully saturated rings. The molecule has 7 heteroatoms. The van der Waals surface area contributed by atoms with Gasteiger partial charge in [0, 0.05) is 49.1 Å². The van der Waals surface area contributed by atoms with Gasteiger partial charge in [-0.25, -0.2) is 9.97 Å². The van der Waals surface area contributed by atoms with Gasteiger partial charge in [-0.1, -0.05) is 30.3 Å². The second-order valence-electron chi connectivity index (χ2n) is 9.08. The van der Waals surface area contributed by atoms with E-state index >= 15 is 0 Å². The number of anilines is 1. The summed E-state index contributed by atoms with van der Waals surface area (Å²) in [5.41, 5.74) is 4.59. The molecule has 0 bridgehead atoms. The Bertz CT molecular complexity index is 1130. The molecule has 2 aliphatic rings. The van der Waals surface area contributed by atoms with Gasteiger partial charge in [-0.3, -0.25) is 19.3 Å². The van der Waals surface area contributed by atoms with Gasteiger partial charge in [-0.15, -0.1) is 0 Å². The maximum Gasteiger partial charge on any atom is 0.228 e. The zero-order valence-electron chi connectivity index (χ0n) is 19.6. The topological polar surface area (TPSA) is 67.2 Å². The lowest BCUT2D eigenvalue weighted by molar-refractivity contribution is -0.118. The number of carbonyl (C=O) groups excluding carboxylic acids is 1. The highest BCUT2D eigenvalue weighted by Gasteiger charge is 2.33. The third-order valence-electron chi connectivity index (χ3n) is 6.88. The molecule has 1 aromatic carbocycles. The molecule has 172 valence electrons. The summed E-state index contributed by atoms with van der Waals surface area (Å²) in [5, 5.41) is 4.42. The summed E-state index contributed by atoms with van der Waals surface area (Å²) >= 11 is 0. The van der Waals surface area contributed by atoms with Crippen LogP contribution in [0.25, 0.3) is 0 Å². The predicted octanol–water partition coefficient (Wildman–Crippen LogP) is 3.86. The fourth-order valence-electron chi connectivity index (χ4n) is 5.07. The number of hydrogen-bond acceptors (Lipinski definition) is 5. The molecule has 0 saturated carbocycles. The van der Waals surface area contributed by atoms with Crippen molar-refractivity contribution >= 4 is 11.7 Å². The fourth-order valence-corrected chi connectivity index (χ4v) is 5.07. The first-order valence-corrected chi connectivity index (χ1v) is 12.1. The molecule has 3 aromatic rings. The summed E-state index contributed by atoms with van der Waals surface area (Å²) in [5.74, 6) is 1.85. The van der Waals surface area contributed by atoms with Crippen LogP contribution in [0.15, 0.2) is 42.7 Å². The summed E-state index contributed by atoms with van der Waals surface area (Å²) in [7, 11) is 0. The van der Waals surface area contributed by atoms with E-state index < -0.39 is 0 Å². The van der Waals surface area contributed by atoms with E-state index in [-0.39, 0.29) is 11.9 Å². The van der Waals surface area contributed by atoms with Crippen molar-refractivity contribution in [2.75, 3.05) is 18.0 Å². The molecule has 5 rings (SSSR count). The van der Waals surface area contributed by atoms with Crippen molar-refractivity contribution in [1.29, 1.82) is 0 Å². The molecule has 7 nitrogen and oxygen atoms in total. The number of carbonyl (C=O) groups is 1. The van der Waals surface area contributed by atoms with Crippen LogP contribution in [0.5, 0.6) is 0 Å². The van der Waals surface area contributed by atoms with Crippen LogP contribution in [0.3, 0.4) is 0 Å². The molecular formula is C26H32N6O. The quantitative estimate of drug-likeness (QED) is 0.554. The normalized spacial score (nSPS) is 18.7. The molecule has 33 heavy (non-hydrogen) atoms. The largest absolute Gasteiger partial charge is 0.296 e. The minimum atomic E-state index is 0.165. The Labute approximate surface area is 195 Å². The maximum atomic E-state index is 12.9. The molecule has 1 amide bonds. The first-order chi connectivity index (χ1) is 16.1. The van der Waals surface area contributed by atoms with Crippen molar-refractivity contribution < 1.29 is 4.79 Å². The van der Waals surface area contributed by atoms with Crippen LogP contribution in [-0.4, -0.2) is 43.6 Å². The third kappa shape index (κ3) is 4.55. The monoisotopic (exact) mass is 444 g/mol. The summed E-state index contributed by atoms with van der Waals surface area (Å²) in [6.45, 7) is 7.57. The van der Waals surface area contributed by atoms with Crippen molar-refractivity contribution in [3.8, 4) is 0 Å². The second-order valence-corrected chi connectivity index (χ2v) is 9.08. The number of rotatable bonds is 7. The number of fused-ring (bicyclic) bond motifs is 1. The van der Waals surface area contributed by atoms with Gasteiger partial charge >= 0.3 is 0 Å². The average Bonchev–Trinajstić information content (AvgIpc) is 3.48. The van der Waals surface area contributed by atoms with Crippen LogP contribution in [-0.2, 0) is 30.7 Å². The Kier molecular flexibility index (Phi) is 6.22. The van der Waals surface area contributed by atoms with Crippen LogP contribution < -0.4 is 4.90 Å². The van der Waals surface area contributed by atoms with Crippen LogP contribution in [0.4, 0.5) is 5.82 Å². The summed E-state index contributed by atoms with van der Waals surface area (Å²) in [4.78, 5) is 27.3. The molecule has 4 heterocycles. The Balaban J connectivity index is 1.40. The van der Waals surface area contributed by atoms with E-state index in [1.165, 1.54) is 11.1 Å². The van der Waals surface area contributed by atoms with E-state index in [2.05, 4.69) is 42.2 Å². The van der Waals surface area contributed by atoms with Crippen molar-refractivity contribution in [3.63, 3.8) is 0 Å². The highest BCUT2D eigenvalue weighted by Crippen LogP contribution is 2.35. The molecule has 0 unspecified atom stereocenters. The minimum Gasteiger partial charge on any atom is -0.296 e. The van der Waals surface area contributed by atoms with Gasteiger partial charge in [0.15, 0.2) is 0 Å². The van der Waals surface area contributed by atoms with E-state index in [9.17, 15) is 4.79 Å². The molecule has 1 atom stereocenters. The lowest BCUT2D eigenvalue weighted by Gasteiger charge is -2.31. The molecule has 0 radical (unpaired) electrons. The summed E-state index contributed by atoms with van der Waals surface area (Å²) in [6.07, 6.45) is 8.33. The number of nitrogens with zero attached hydrogens (tertiary/aromatic N) is 6. The van der Waals surface area contributed by atoms with Crippen LogP contribution >= 0.6 is 0 Å². The number of hydrogen-bond donors (Lipinski definition) is 0. The van der Waals surface area contributed by atoms with Crippen molar-refractivity contribution in [2.45, 2.75) is 65.1 Å².